The van der Waals surface area contributed by atoms with Crippen LogP contribution in [0.15, 0.2) is 35.8 Å². The molecular formula is C14H15N3O3S. The normalized spacial score (nSPS) is 10.1. The zero-order valence-electron chi connectivity index (χ0n) is 11.2. The smallest absolute Gasteiger partial charge is 0.319 e. The number of carboxylic acid groups (broad SMARTS) is 1. The van der Waals surface area contributed by atoms with Crippen molar-refractivity contribution in [2.75, 3.05) is 11.9 Å². The molecule has 0 aliphatic heterocycles. The van der Waals surface area contributed by atoms with Crippen LogP contribution in [0.5, 0.6) is 0 Å². The summed E-state index contributed by atoms with van der Waals surface area (Å²) in [6, 6.07) is 6.46. The molecule has 1 aromatic carbocycles. The van der Waals surface area contributed by atoms with Gasteiger partial charge >= 0.3 is 12.0 Å². The fourth-order valence-electron chi connectivity index (χ4n) is 1.77. The third kappa shape index (κ3) is 5.23. The second kappa shape index (κ2) is 7.39. The van der Waals surface area contributed by atoms with E-state index in [1.807, 2.05) is 5.38 Å². The SMILES string of the molecule is O=C(O)Cc1cccc(NC(=O)NCCc2nccs2)c1. The van der Waals surface area contributed by atoms with Crippen molar-refractivity contribution < 1.29 is 14.7 Å². The zero-order chi connectivity index (χ0) is 15.1. The fraction of sp³-hybridized carbons (Fsp3) is 0.214. The minimum atomic E-state index is -0.903. The van der Waals surface area contributed by atoms with E-state index in [2.05, 4.69) is 15.6 Å². The number of amides is 2. The first kappa shape index (κ1) is 15.0. The summed E-state index contributed by atoms with van der Waals surface area (Å²) in [5.41, 5.74) is 1.21. The van der Waals surface area contributed by atoms with Gasteiger partial charge in [-0.3, -0.25) is 4.79 Å². The van der Waals surface area contributed by atoms with Crippen LogP contribution in [-0.4, -0.2) is 28.6 Å². The summed E-state index contributed by atoms with van der Waals surface area (Å²) in [5.74, 6) is -0.903. The summed E-state index contributed by atoms with van der Waals surface area (Å²) in [7, 11) is 0. The molecule has 2 rings (SSSR count). The van der Waals surface area contributed by atoms with Gasteiger partial charge in [0.15, 0.2) is 0 Å². The predicted molar refractivity (Wildman–Crippen MR) is 80.6 cm³/mol. The number of carbonyl (C=O) groups is 2. The van der Waals surface area contributed by atoms with Crippen LogP contribution >= 0.6 is 11.3 Å². The number of anilines is 1. The van der Waals surface area contributed by atoms with E-state index in [0.717, 1.165) is 5.01 Å². The third-order valence-electron chi connectivity index (χ3n) is 2.65. The largest absolute Gasteiger partial charge is 0.481 e. The minimum absolute atomic E-state index is 0.0683. The molecule has 0 aliphatic carbocycles. The summed E-state index contributed by atoms with van der Waals surface area (Å²) in [6.07, 6.45) is 2.35. The number of aliphatic carboxylic acids is 1. The van der Waals surface area contributed by atoms with E-state index in [0.29, 0.717) is 24.2 Å². The number of benzene rings is 1. The van der Waals surface area contributed by atoms with Crippen molar-refractivity contribution in [3.05, 3.63) is 46.4 Å². The van der Waals surface area contributed by atoms with Crippen LogP contribution in [0.2, 0.25) is 0 Å². The van der Waals surface area contributed by atoms with E-state index in [1.165, 1.54) is 0 Å². The zero-order valence-corrected chi connectivity index (χ0v) is 12.0. The molecule has 0 fully saturated rings. The number of hydrogen-bond acceptors (Lipinski definition) is 4. The van der Waals surface area contributed by atoms with Gasteiger partial charge in [-0.15, -0.1) is 11.3 Å². The van der Waals surface area contributed by atoms with Crippen molar-refractivity contribution in [1.82, 2.24) is 10.3 Å². The number of rotatable bonds is 6. The van der Waals surface area contributed by atoms with Crippen molar-refractivity contribution in [2.45, 2.75) is 12.8 Å². The first-order valence-electron chi connectivity index (χ1n) is 6.37. The number of carbonyl (C=O) groups excluding carboxylic acids is 1. The first-order valence-corrected chi connectivity index (χ1v) is 7.25. The maximum atomic E-state index is 11.7. The van der Waals surface area contributed by atoms with E-state index in [9.17, 15) is 9.59 Å². The van der Waals surface area contributed by atoms with E-state index in [1.54, 1.807) is 41.8 Å². The van der Waals surface area contributed by atoms with Gasteiger partial charge in [0.1, 0.15) is 0 Å². The van der Waals surface area contributed by atoms with Crippen molar-refractivity contribution in [1.29, 1.82) is 0 Å². The maximum absolute atomic E-state index is 11.7. The highest BCUT2D eigenvalue weighted by molar-refractivity contribution is 7.09. The molecule has 0 atom stereocenters. The monoisotopic (exact) mass is 305 g/mol. The predicted octanol–water partition coefficient (Wildman–Crippen LogP) is 2.13. The van der Waals surface area contributed by atoms with Crippen LogP contribution in [0.1, 0.15) is 10.6 Å². The molecule has 7 heteroatoms. The third-order valence-corrected chi connectivity index (χ3v) is 3.49. The number of nitrogens with zero attached hydrogens (tertiary/aromatic N) is 1. The van der Waals surface area contributed by atoms with E-state index in [-0.39, 0.29) is 12.5 Å². The number of aromatic nitrogens is 1. The molecule has 110 valence electrons. The second-order valence-electron chi connectivity index (χ2n) is 4.33. The molecule has 0 saturated carbocycles. The van der Waals surface area contributed by atoms with Crippen LogP contribution in [0.4, 0.5) is 10.5 Å². The summed E-state index contributed by atoms with van der Waals surface area (Å²) in [5, 5.41) is 17.0. The Morgan fingerprint density at radius 3 is 2.90 bits per heavy atom. The summed E-state index contributed by atoms with van der Waals surface area (Å²) >= 11 is 1.55. The highest BCUT2D eigenvalue weighted by atomic mass is 32.1. The number of nitrogens with one attached hydrogen (secondary N) is 2. The van der Waals surface area contributed by atoms with Crippen LogP contribution in [0.25, 0.3) is 0 Å². The van der Waals surface area contributed by atoms with Gasteiger partial charge in [0.2, 0.25) is 0 Å². The molecule has 1 heterocycles. The van der Waals surface area contributed by atoms with Gasteiger partial charge in [-0.05, 0) is 17.7 Å². The lowest BCUT2D eigenvalue weighted by Crippen LogP contribution is -2.30. The van der Waals surface area contributed by atoms with Crippen LogP contribution in [0, 0.1) is 0 Å². The Labute approximate surface area is 125 Å². The Morgan fingerprint density at radius 2 is 2.19 bits per heavy atom. The molecule has 6 nitrogen and oxygen atoms in total. The Morgan fingerprint density at radius 1 is 1.33 bits per heavy atom. The topological polar surface area (TPSA) is 91.3 Å². The van der Waals surface area contributed by atoms with Crippen molar-refractivity contribution >= 4 is 29.0 Å². The van der Waals surface area contributed by atoms with Crippen molar-refractivity contribution in [2.24, 2.45) is 0 Å². The molecule has 0 bridgehead atoms. The number of hydrogen-bond donors (Lipinski definition) is 3. The molecule has 2 aromatic rings. The first-order chi connectivity index (χ1) is 10.1. The molecule has 0 unspecified atom stereocenters. The number of thiazole rings is 1. The molecule has 0 aliphatic rings. The molecule has 1 aromatic heterocycles. The van der Waals surface area contributed by atoms with Gasteiger partial charge in [0.25, 0.3) is 0 Å². The van der Waals surface area contributed by atoms with E-state index in [4.69, 9.17) is 5.11 Å². The molecule has 0 radical (unpaired) electrons. The molecule has 21 heavy (non-hydrogen) atoms. The van der Waals surface area contributed by atoms with Gasteiger partial charge in [0.05, 0.1) is 11.4 Å². The van der Waals surface area contributed by atoms with Gasteiger partial charge in [0, 0.05) is 30.2 Å². The van der Waals surface area contributed by atoms with Gasteiger partial charge < -0.3 is 15.7 Å². The van der Waals surface area contributed by atoms with Gasteiger partial charge in [-0.25, -0.2) is 9.78 Å². The van der Waals surface area contributed by atoms with Gasteiger partial charge in [-0.2, -0.15) is 0 Å². The van der Waals surface area contributed by atoms with Crippen LogP contribution < -0.4 is 10.6 Å². The summed E-state index contributed by atoms with van der Waals surface area (Å²) < 4.78 is 0. The van der Waals surface area contributed by atoms with Gasteiger partial charge in [-0.1, -0.05) is 12.1 Å². The lowest BCUT2D eigenvalue weighted by Gasteiger charge is -2.08. The Hall–Kier alpha value is -2.41. The van der Waals surface area contributed by atoms with Crippen molar-refractivity contribution in [3.8, 4) is 0 Å². The Balaban J connectivity index is 1.80. The number of urea groups is 1. The number of carboxylic acids is 1. The van der Waals surface area contributed by atoms with Crippen LogP contribution in [-0.2, 0) is 17.6 Å². The summed E-state index contributed by atoms with van der Waals surface area (Å²) in [6.45, 7) is 0.494. The lowest BCUT2D eigenvalue weighted by atomic mass is 10.1. The minimum Gasteiger partial charge on any atom is -0.481 e. The lowest BCUT2D eigenvalue weighted by molar-refractivity contribution is -0.136. The fourth-order valence-corrected chi connectivity index (χ4v) is 2.39. The highest BCUT2D eigenvalue weighted by Crippen LogP contribution is 2.11. The average molecular weight is 305 g/mol. The maximum Gasteiger partial charge on any atom is 0.319 e. The van der Waals surface area contributed by atoms with Crippen LogP contribution in [0.3, 0.4) is 0 Å². The molecular weight excluding hydrogens is 290 g/mol. The Bertz CT molecular complexity index is 614. The summed E-state index contributed by atoms with van der Waals surface area (Å²) in [4.78, 5) is 26.5. The molecule has 0 spiro atoms. The van der Waals surface area contributed by atoms with E-state index < -0.39 is 5.97 Å². The Kier molecular flexibility index (Phi) is 5.28. The molecule has 0 saturated heterocycles. The molecule has 2 amide bonds. The van der Waals surface area contributed by atoms with Crippen molar-refractivity contribution in [3.63, 3.8) is 0 Å². The standard InChI is InChI=1S/C14H15N3O3S/c18-13(19)9-10-2-1-3-11(8-10)17-14(20)16-5-4-12-15-6-7-21-12/h1-3,6-8H,4-5,9H2,(H,18,19)(H2,16,17,20). The quantitative estimate of drug-likeness (QED) is 0.762. The second-order valence-corrected chi connectivity index (χ2v) is 5.31. The molecule has 3 N–H and O–H groups in total. The highest BCUT2D eigenvalue weighted by Gasteiger charge is 2.05. The average Bonchev–Trinajstić information content (AvgIpc) is 2.91. The van der Waals surface area contributed by atoms with E-state index >= 15 is 0 Å².